The minimum Gasteiger partial charge on any atom is -0.480 e. The summed E-state index contributed by atoms with van der Waals surface area (Å²) in [5, 5.41) is 55.6. The van der Waals surface area contributed by atoms with Crippen LogP contribution in [0.1, 0.15) is 149 Å². The van der Waals surface area contributed by atoms with Gasteiger partial charge in [-0.05, 0) is 141 Å². The molecule has 0 aliphatic carbocycles. The largest absolute Gasteiger partial charge is 0.480 e. The van der Waals surface area contributed by atoms with Crippen molar-refractivity contribution >= 4 is 113 Å². The molecule has 1 fully saturated rings. The monoisotopic (exact) mass is 1610 g/mol. The normalized spacial score (nSPS) is 15.4. The number of carboxylic acids is 1. The number of nitrogens with two attached hydrogens (primary N) is 12. The van der Waals surface area contributed by atoms with Crippen molar-refractivity contribution in [1.82, 2.24) is 79.3 Å². The Morgan fingerprint density at radius 1 is 0.407 bits per heavy atom. The Hall–Kier alpha value is -11.6. The lowest BCUT2D eigenvalue weighted by Crippen LogP contribution is -2.62. The molecule has 0 unspecified atom stereocenters. The van der Waals surface area contributed by atoms with Crippen LogP contribution in [0, 0.1) is 5.92 Å². The molecule has 0 spiro atoms. The molecule has 1 aliphatic heterocycles. The molecule has 40 N–H and O–H groups in total. The number of nitrogens with one attached hydrogen (secondary N) is 14. The average Bonchev–Trinajstić information content (AvgIpc) is 1.77. The first-order valence-electron chi connectivity index (χ1n) is 37.3. The molecule has 19 amide bonds. The van der Waals surface area contributed by atoms with Gasteiger partial charge >= 0.3 is 30.1 Å². The van der Waals surface area contributed by atoms with E-state index in [0.717, 1.165) is 11.8 Å². The fraction of sp³-hybridized carbons (Fsp3) is 0.708. The smallest absolute Gasteiger partial charge is 0.326 e. The molecule has 48 heteroatoms. The number of guanidine groups is 3. The van der Waals surface area contributed by atoms with Crippen molar-refractivity contribution in [3.05, 3.63) is 0 Å². The van der Waals surface area contributed by atoms with E-state index in [1.807, 2.05) is 0 Å². The molecular weight excluding hydrogens is 1490 g/mol. The Labute approximate surface area is 653 Å². The minimum absolute atomic E-state index is 0.0247. The number of primary amides is 4. The maximum atomic E-state index is 14.8. The van der Waals surface area contributed by atoms with Gasteiger partial charge in [-0.3, -0.25) is 67.7 Å². The molecular formula is C65H122N30O18. The number of rotatable bonds is 57. The summed E-state index contributed by atoms with van der Waals surface area (Å²) in [6.07, 6.45) is -1.42. The Kier molecular flexibility index (Phi) is 48.3. The lowest BCUT2D eigenvalue weighted by Gasteiger charge is -2.31. The minimum atomic E-state index is -1.90. The van der Waals surface area contributed by atoms with Crippen molar-refractivity contribution in [2.45, 2.75) is 222 Å². The summed E-state index contributed by atoms with van der Waals surface area (Å²) >= 11 is 0. The van der Waals surface area contributed by atoms with Crippen LogP contribution < -0.4 is 143 Å². The second kappa shape index (κ2) is 54.9. The molecule has 1 rings (SSSR count). The van der Waals surface area contributed by atoms with E-state index in [0.29, 0.717) is 25.7 Å². The van der Waals surface area contributed by atoms with Crippen molar-refractivity contribution in [2.75, 3.05) is 65.4 Å². The zero-order valence-corrected chi connectivity index (χ0v) is 64.4. The van der Waals surface area contributed by atoms with Gasteiger partial charge in [-0.25, -0.2) is 24.0 Å². The number of aliphatic carboxylic acids is 1. The first-order chi connectivity index (χ1) is 53.3. The molecule has 640 valence electrons. The number of aliphatic hydroxyl groups is 1. The number of likely N-dealkylation sites (tertiary alicyclic amines) is 1. The highest BCUT2D eigenvalue weighted by Gasteiger charge is 2.41. The van der Waals surface area contributed by atoms with Crippen LogP contribution in [0.15, 0.2) is 15.0 Å². The van der Waals surface area contributed by atoms with Gasteiger partial charge in [-0.1, -0.05) is 20.3 Å². The highest BCUT2D eigenvalue weighted by atomic mass is 16.4. The predicted octanol–water partition coefficient (Wildman–Crippen LogP) is -10.6. The molecule has 1 heterocycles. The number of carboxylic acid groups (broad SMARTS) is 1. The van der Waals surface area contributed by atoms with Crippen LogP contribution in [-0.2, 0) is 57.5 Å². The third-order valence-electron chi connectivity index (χ3n) is 17.5. The van der Waals surface area contributed by atoms with E-state index in [2.05, 4.69) is 89.4 Å². The van der Waals surface area contributed by atoms with Crippen LogP contribution in [0.4, 0.5) is 19.2 Å². The Morgan fingerprint density at radius 3 is 1.12 bits per heavy atom. The second-order valence-electron chi connectivity index (χ2n) is 26.8. The van der Waals surface area contributed by atoms with Gasteiger partial charge in [0.15, 0.2) is 17.9 Å². The van der Waals surface area contributed by atoms with E-state index in [4.69, 9.17) is 68.8 Å². The molecule has 0 radical (unpaired) electrons. The molecule has 1 saturated heterocycles. The summed E-state index contributed by atoms with van der Waals surface area (Å²) in [4.78, 5) is 228. The molecule has 13 atom stereocenters. The van der Waals surface area contributed by atoms with E-state index >= 15 is 0 Å². The molecule has 48 nitrogen and oxygen atoms in total. The number of hydrogen-bond donors (Lipinski definition) is 28. The first-order valence-corrected chi connectivity index (χ1v) is 37.3. The number of carbonyl (C=O) groups is 16. The zero-order chi connectivity index (χ0) is 85.3. The predicted molar refractivity (Wildman–Crippen MR) is 412 cm³/mol. The maximum absolute atomic E-state index is 14.8. The Morgan fingerprint density at radius 2 is 0.743 bits per heavy atom. The lowest BCUT2D eigenvalue weighted by atomic mass is 9.96. The van der Waals surface area contributed by atoms with Crippen LogP contribution in [0.2, 0.25) is 0 Å². The average molecular weight is 1610 g/mol. The highest BCUT2D eigenvalue weighted by Crippen LogP contribution is 2.21. The number of hydrogen-bond acceptors (Lipinski definition) is 22. The van der Waals surface area contributed by atoms with Crippen LogP contribution in [0.25, 0.3) is 0 Å². The van der Waals surface area contributed by atoms with Crippen molar-refractivity contribution in [3.63, 3.8) is 0 Å². The molecule has 0 saturated carbocycles. The van der Waals surface area contributed by atoms with Crippen molar-refractivity contribution in [1.29, 1.82) is 0 Å². The van der Waals surface area contributed by atoms with Crippen molar-refractivity contribution in [2.24, 2.45) is 89.7 Å². The number of nitrogens with zero attached hydrogens (tertiary/aromatic N) is 4. The Bertz CT molecular complexity index is 3230. The molecule has 113 heavy (non-hydrogen) atoms. The number of aliphatic imine (C=N–C) groups is 3. The van der Waals surface area contributed by atoms with Gasteiger partial charge in [-0.2, -0.15) is 0 Å². The molecule has 0 aromatic heterocycles. The maximum Gasteiger partial charge on any atom is 0.326 e. The zero-order valence-electron chi connectivity index (χ0n) is 64.4. The SMILES string of the molecule is CC[C@H](C)[C@H](NC(=O)[C@@H](NC(=O)[C@H](CCCNC(N)=O)NC(=O)[C@H](CCCNC(N)=O)NC(=O)[C@H](CCCN=C(N)N)NC(=O)[C@H](CCCNC(N)=O)NC(=O)CNC(=O)[C@H](CCCNC(N)=O)NC(=O)[C@H](CCCCN)NC(=O)[C@@H](N)CCCN=C(N)N)[C@@H](C)O)C(=O)N[C@@H](CCCN=C(N)N)C(=O)N1CCC[C@H]1C(=O)O. The number of unbranched alkanes of at least 4 members (excludes halogenated alkanes) is 1. The summed E-state index contributed by atoms with van der Waals surface area (Å²) in [5.74, 6) is -13.4. The molecule has 0 aromatic carbocycles. The van der Waals surface area contributed by atoms with Gasteiger partial charge in [-0.15, -0.1) is 0 Å². The molecule has 1 aliphatic rings. The third-order valence-corrected chi connectivity index (χ3v) is 17.5. The van der Waals surface area contributed by atoms with E-state index in [1.165, 1.54) is 0 Å². The van der Waals surface area contributed by atoms with Gasteiger partial charge in [0, 0.05) is 52.4 Å². The fourth-order valence-electron chi connectivity index (χ4n) is 11.3. The summed E-state index contributed by atoms with van der Waals surface area (Å²) in [6.45, 7) is 3.29. The van der Waals surface area contributed by atoms with Crippen molar-refractivity contribution in [3.8, 4) is 0 Å². The van der Waals surface area contributed by atoms with E-state index < -0.39 is 180 Å². The number of aliphatic hydroxyl groups excluding tert-OH is 1. The number of amides is 19. The number of carbonyl (C=O) groups excluding carboxylic acids is 15. The van der Waals surface area contributed by atoms with Gasteiger partial charge in [0.1, 0.15) is 60.4 Å². The molecule has 0 bridgehead atoms. The quantitative estimate of drug-likeness (QED) is 0.0153. The summed E-state index contributed by atoms with van der Waals surface area (Å²) in [7, 11) is 0. The van der Waals surface area contributed by atoms with Gasteiger partial charge in [0.05, 0.1) is 18.7 Å². The van der Waals surface area contributed by atoms with Crippen molar-refractivity contribution < 1.29 is 86.9 Å². The second-order valence-corrected chi connectivity index (χ2v) is 26.8. The van der Waals surface area contributed by atoms with Crippen LogP contribution in [0.3, 0.4) is 0 Å². The van der Waals surface area contributed by atoms with Gasteiger partial charge in [0.25, 0.3) is 0 Å². The fourth-order valence-corrected chi connectivity index (χ4v) is 11.3. The molecule has 0 aromatic rings. The van der Waals surface area contributed by atoms with Gasteiger partial charge < -0.3 is 158 Å². The topological polar surface area (TPSA) is 835 Å². The number of urea groups is 4. The van der Waals surface area contributed by atoms with Crippen LogP contribution >= 0.6 is 0 Å². The Balaban J connectivity index is 3.83. The summed E-state index contributed by atoms with van der Waals surface area (Å²) in [5.41, 5.74) is 65.8. The summed E-state index contributed by atoms with van der Waals surface area (Å²) < 4.78 is 0. The third kappa shape index (κ3) is 42.4. The first kappa shape index (κ1) is 99.4. The van der Waals surface area contributed by atoms with E-state index in [-0.39, 0.29) is 180 Å². The standard InChI is InChI=1S/C65H122N30O18/c1-4-34(2)46(55(105)92-43(22-13-27-80-61(72)73)57(107)95-32-14-23-44(95)58(108)109)93-56(106)47(35(3)96)94-54(104)42(21-12-31-84-65(77)113)91-53(103)41(20-11-30-83-64(76)112)90-52(102)40(19-8-26-79-60(70)71)89-50(100)38(18-10-29-82-63(75)111)86-45(97)33-85-49(99)37(17-9-28-81-62(74)110)88-51(101)39(16-5-6-24-66)87-48(98)36(67)15-7-25-78-59(68)69/h34-44,46-47,96H,4-33,66-67H2,1-3H3,(H,85,99)(H,86,97)(H,87,98)(H,88,101)(H,89,100)(H,90,102)(H,91,103)(H,92,105)(H,93,106)(H,94,104)(H,108,109)(H4,68,69,78)(H4,70,71,79)(H4,72,73,80)(H3,74,81,110)(H3,75,82,111)(H3,76,83,112)(H3,77,84,113)/t34-,35+,36-,37-,38-,39-,40-,41-,42-,43-,44-,46-,47-/m0/s1. The van der Waals surface area contributed by atoms with Gasteiger partial charge in [0.2, 0.25) is 65.0 Å². The van der Waals surface area contributed by atoms with Crippen LogP contribution in [-0.4, -0.2) is 266 Å². The summed E-state index contributed by atoms with van der Waals surface area (Å²) in [6, 6.07) is -20.1. The highest BCUT2D eigenvalue weighted by molar-refractivity contribution is 5.99. The van der Waals surface area contributed by atoms with E-state index in [9.17, 15) is 86.9 Å². The lowest BCUT2D eigenvalue weighted by molar-refractivity contribution is -0.149. The van der Waals surface area contributed by atoms with E-state index in [1.54, 1.807) is 13.8 Å². The van der Waals surface area contributed by atoms with Crippen LogP contribution in [0.5, 0.6) is 0 Å².